The molecule has 0 spiro atoms. The molecule has 1 N–H and O–H groups in total. The fourth-order valence-electron chi connectivity index (χ4n) is 3.60. The monoisotopic (exact) mass is 362 g/mol. The van der Waals surface area contributed by atoms with Gasteiger partial charge in [-0.1, -0.05) is 12.1 Å². The van der Waals surface area contributed by atoms with E-state index in [1.807, 2.05) is 24.3 Å². The van der Waals surface area contributed by atoms with Crippen molar-refractivity contribution < 1.29 is 0 Å². The maximum absolute atomic E-state index is 12.5. The summed E-state index contributed by atoms with van der Waals surface area (Å²) in [6, 6.07) is 11.6. The molecule has 7 heteroatoms. The van der Waals surface area contributed by atoms with Gasteiger partial charge in [-0.25, -0.2) is 4.98 Å². The van der Waals surface area contributed by atoms with Crippen LogP contribution in [0.4, 0.5) is 11.8 Å². The Morgan fingerprint density at radius 3 is 2.67 bits per heavy atom. The largest absolute Gasteiger partial charge is 0.355 e. The number of rotatable bonds is 5. The molecule has 0 unspecified atom stereocenters. The van der Waals surface area contributed by atoms with Crippen molar-refractivity contribution in [2.24, 2.45) is 13.0 Å². The van der Waals surface area contributed by atoms with E-state index in [1.54, 1.807) is 11.6 Å². The Bertz CT molecular complexity index is 1030. The van der Waals surface area contributed by atoms with E-state index in [0.29, 0.717) is 23.2 Å². The summed E-state index contributed by atoms with van der Waals surface area (Å²) in [5, 5.41) is 12.7. The van der Waals surface area contributed by atoms with Crippen LogP contribution in [0.5, 0.6) is 0 Å². The van der Waals surface area contributed by atoms with Crippen LogP contribution in [0.1, 0.15) is 24.5 Å². The lowest BCUT2D eigenvalue weighted by molar-refractivity contribution is 0.424. The Morgan fingerprint density at radius 2 is 1.93 bits per heavy atom. The van der Waals surface area contributed by atoms with Crippen LogP contribution in [0.2, 0.25) is 0 Å². The highest BCUT2D eigenvalue weighted by Crippen LogP contribution is 2.38. The van der Waals surface area contributed by atoms with E-state index in [-0.39, 0.29) is 5.56 Å². The second kappa shape index (κ2) is 6.33. The minimum Gasteiger partial charge on any atom is -0.355 e. The predicted octanol–water partition coefficient (Wildman–Crippen LogP) is 2.15. The standard InChI is InChI=1S/C20H22N6O/c1-25-19(27)15-4-2-3-5-17(15)22-20(25)21-10-13-11-26(12-13)18-9-8-16(23-24-18)14-6-7-14/h2-5,8-9,13-14H,6-7,10-12H2,1H3,(H,21,22). The number of para-hydroxylation sites is 1. The number of nitrogens with one attached hydrogen (secondary N) is 1. The van der Waals surface area contributed by atoms with Crippen molar-refractivity contribution in [2.45, 2.75) is 18.8 Å². The van der Waals surface area contributed by atoms with Crippen molar-refractivity contribution in [3.05, 3.63) is 52.4 Å². The summed E-state index contributed by atoms with van der Waals surface area (Å²) < 4.78 is 1.58. The summed E-state index contributed by atoms with van der Waals surface area (Å²) in [6.07, 6.45) is 2.49. The first-order valence-electron chi connectivity index (χ1n) is 9.47. The predicted molar refractivity (Wildman–Crippen MR) is 105 cm³/mol. The van der Waals surface area contributed by atoms with Gasteiger partial charge in [0.2, 0.25) is 5.95 Å². The quantitative estimate of drug-likeness (QED) is 0.749. The molecule has 2 aliphatic rings. The van der Waals surface area contributed by atoms with Crippen molar-refractivity contribution in [2.75, 3.05) is 29.9 Å². The SMILES string of the molecule is Cn1c(NCC2CN(c3ccc(C4CC4)nn3)C2)nc2ccccc2c1=O. The summed E-state index contributed by atoms with van der Waals surface area (Å²) in [5.74, 6) is 2.71. The third-order valence-electron chi connectivity index (χ3n) is 5.48. The van der Waals surface area contributed by atoms with E-state index < -0.39 is 0 Å². The average Bonchev–Trinajstić information content (AvgIpc) is 3.50. The number of aromatic nitrogens is 4. The molecule has 0 bridgehead atoms. The maximum atomic E-state index is 12.5. The first kappa shape index (κ1) is 16.2. The summed E-state index contributed by atoms with van der Waals surface area (Å²) in [4.78, 5) is 19.3. The molecule has 5 rings (SSSR count). The molecule has 1 saturated heterocycles. The minimum absolute atomic E-state index is 0.0237. The Hall–Kier alpha value is -2.96. The second-order valence-corrected chi connectivity index (χ2v) is 7.56. The van der Waals surface area contributed by atoms with Gasteiger partial charge in [-0.2, -0.15) is 5.10 Å². The molecule has 27 heavy (non-hydrogen) atoms. The molecule has 7 nitrogen and oxygen atoms in total. The number of hydrogen-bond acceptors (Lipinski definition) is 6. The molecule has 1 aliphatic heterocycles. The van der Waals surface area contributed by atoms with Gasteiger partial charge in [0.05, 0.1) is 16.6 Å². The zero-order valence-electron chi connectivity index (χ0n) is 15.3. The van der Waals surface area contributed by atoms with Crippen LogP contribution >= 0.6 is 0 Å². The van der Waals surface area contributed by atoms with Gasteiger partial charge in [0.25, 0.3) is 5.56 Å². The molecule has 2 aromatic heterocycles. The highest BCUT2D eigenvalue weighted by atomic mass is 16.1. The highest BCUT2D eigenvalue weighted by molar-refractivity contribution is 5.78. The molecule has 2 fully saturated rings. The molecule has 0 radical (unpaired) electrons. The lowest BCUT2D eigenvalue weighted by Gasteiger charge is -2.40. The molecule has 3 heterocycles. The smallest absolute Gasteiger partial charge is 0.262 e. The lowest BCUT2D eigenvalue weighted by Crippen LogP contribution is -2.50. The Morgan fingerprint density at radius 1 is 1.11 bits per heavy atom. The van der Waals surface area contributed by atoms with Gasteiger partial charge < -0.3 is 10.2 Å². The van der Waals surface area contributed by atoms with Crippen molar-refractivity contribution in [3.8, 4) is 0 Å². The van der Waals surface area contributed by atoms with E-state index in [9.17, 15) is 4.79 Å². The van der Waals surface area contributed by atoms with Gasteiger partial charge in [-0.15, -0.1) is 5.10 Å². The number of hydrogen-bond donors (Lipinski definition) is 1. The number of nitrogens with zero attached hydrogens (tertiary/aromatic N) is 5. The van der Waals surface area contributed by atoms with Crippen LogP contribution < -0.4 is 15.8 Å². The summed E-state index contributed by atoms with van der Waals surface area (Å²) in [6.45, 7) is 2.65. The fourth-order valence-corrected chi connectivity index (χ4v) is 3.60. The molecule has 3 aromatic rings. The van der Waals surface area contributed by atoms with Crippen molar-refractivity contribution >= 4 is 22.7 Å². The topological polar surface area (TPSA) is 75.9 Å². The van der Waals surface area contributed by atoms with Crippen LogP contribution in [0.25, 0.3) is 10.9 Å². The third kappa shape index (κ3) is 3.03. The lowest BCUT2D eigenvalue weighted by atomic mass is 10.0. The van der Waals surface area contributed by atoms with E-state index in [0.717, 1.165) is 36.7 Å². The van der Waals surface area contributed by atoms with Crippen LogP contribution in [-0.4, -0.2) is 39.4 Å². The molecular formula is C20H22N6O. The molecule has 1 saturated carbocycles. The van der Waals surface area contributed by atoms with Crippen LogP contribution in [-0.2, 0) is 7.05 Å². The summed E-state index contributed by atoms with van der Waals surface area (Å²) >= 11 is 0. The van der Waals surface area contributed by atoms with Crippen molar-refractivity contribution in [1.29, 1.82) is 0 Å². The molecule has 1 aromatic carbocycles. The Labute approximate surface area is 157 Å². The highest BCUT2D eigenvalue weighted by Gasteiger charge is 2.29. The Balaban J connectivity index is 1.21. The fraction of sp³-hybridized carbons (Fsp3) is 0.400. The Kier molecular flexibility index (Phi) is 3.81. The number of anilines is 2. The third-order valence-corrected chi connectivity index (χ3v) is 5.48. The minimum atomic E-state index is -0.0237. The molecule has 0 atom stereocenters. The van der Waals surface area contributed by atoms with Gasteiger partial charge in [0, 0.05) is 38.5 Å². The molecule has 138 valence electrons. The van der Waals surface area contributed by atoms with E-state index in [2.05, 4.69) is 37.5 Å². The number of benzene rings is 1. The zero-order valence-corrected chi connectivity index (χ0v) is 15.3. The molecular weight excluding hydrogens is 340 g/mol. The summed E-state index contributed by atoms with van der Waals surface area (Å²) in [5.41, 5.74) is 1.83. The number of fused-ring (bicyclic) bond motifs is 1. The van der Waals surface area contributed by atoms with E-state index in [4.69, 9.17) is 0 Å². The second-order valence-electron chi connectivity index (χ2n) is 7.56. The first-order valence-corrected chi connectivity index (χ1v) is 9.47. The van der Waals surface area contributed by atoms with Crippen molar-refractivity contribution in [3.63, 3.8) is 0 Å². The van der Waals surface area contributed by atoms with Gasteiger partial charge in [-0.3, -0.25) is 9.36 Å². The first-order chi connectivity index (χ1) is 13.2. The van der Waals surface area contributed by atoms with Crippen LogP contribution in [0.3, 0.4) is 0 Å². The zero-order chi connectivity index (χ0) is 18.4. The molecule has 1 aliphatic carbocycles. The van der Waals surface area contributed by atoms with Gasteiger partial charge >= 0.3 is 0 Å². The van der Waals surface area contributed by atoms with Crippen LogP contribution in [0.15, 0.2) is 41.2 Å². The van der Waals surface area contributed by atoms with Gasteiger partial charge in [0.15, 0.2) is 5.82 Å². The summed E-state index contributed by atoms with van der Waals surface area (Å²) in [7, 11) is 1.76. The molecule has 0 amide bonds. The van der Waals surface area contributed by atoms with Gasteiger partial charge in [0.1, 0.15) is 0 Å². The van der Waals surface area contributed by atoms with E-state index in [1.165, 1.54) is 12.8 Å². The normalized spacial score (nSPS) is 17.1. The van der Waals surface area contributed by atoms with Crippen LogP contribution in [0, 0.1) is 5.92 Å². The van der Waals surface area contributed by atoms with Crippen molar-refractivity contribution in [1.82, 2.24) is 19.7 Å². The average molecular weight is 362 g/mol. The van der Waals surface area contributed by atoms with E-state index >= 15 is 0 Å². The maximum Gasteiger partial charge on any atom is 0.262 e. The van der Waals surface area contributed by atoms with Gasteiger partial charge in [-0.05, 0) is 37.1 Å².